The number of hydrogen-bond donors (Lipinski definition) is 0. The Balaban J connectivity index is 1.27. The van der Waals surface area contributed by atoms with Crippen molar-refractivity contribution in [2.75, 3.05) is 32.4 Å². The van der Waals surface area contributed by atoms with E-state index in [1.165, 1.54) is 23.0 Å². The van der Waals surface area contributed by atoms with E-state index < -0.39 is 10.0 Å². The summed E-state index contributed by atoms with van der Waals surface area (Å²) in [6.45, 7) is 2.26. The zero-order valence-electron chi connectivity index (χ0n) is 15.6. The first-order valence-electron chi connectivity index (χ1n) is 9.23. The van der Waals surface area contributed by atoms with E-state index >= 15 is 0 Å². The molecule has 0 spiro atoms. The van der Waals surface area contributed by atoms with Crippen LogP contribution < -0.4 is 0 Å². The van der Waals surface area contributed by atoms with Gasteiger partial charge in [0.1, 0.15) is 0 Å². The third kappa shape index (κ3) is 4.04. The van der Waals surface area contributed by atoms with Gasteiger partial charge in [0.25, 0.3) is 5.91 Å². The topological polar surface area (TPSA) is 122 Å². The molecule has 0 saturated carbocycles. The molecule has 2 saturated heterocycles. The highest BCUT2D eigenvalue weighted by Crippen LogP contribution is 2.28. The van der Waals surface area contributed by atoms with Crippen LogP contribution in [0.15, 0.2) is 23.0 Å². The highest BCUT2D eigenvalue weighted by molar-refractivity contribution is 7.88. The molecule has 0 atom stereocenters. The smallest absolute Gasteiger partial charge is 0.255 e. The molecule has 10 nitrogen and oxygen atoms in total. The molecule has 0 aliphatic carbocycles. The first-order chi connectivity index (χ1) is 13.4. The van der Waals surface area contributed by atoms with Gasteiger partial charge in [0.15, 0.2) is 5.82 Å². The maximum atomic E-state index is 12.3. The lowest BCUT2D eigenvalue weighted by atomic mass is 9.95. The number of aromatic nitrogens is 4. The second kappa shape index (κ2) is 7.55. The Morgan fingerprint density at radius 2 is 2.00 bits per heavy atom. The molecular formula is C17H22N6O4S. The van der Waals surface area contributed by atoms with Crippen LogP contribution in [0.3, 0.4) is 0 Å². The van der Waals surface area contributed by atoms with E-state index in [1.807, 2.05) is 0 Å². The van der Waals surface area contributed by atoms with Crippen molar-refractivity contribution in [1.29, 1.82) is 0 Å². The Morgan fingerprint density at radius 3 is 2.64 bits per heavy atom. The average molecular weight is 406 g/mol. The Bertz CT molecular complexity index is 934. The van der Waals surface area contributed by atoms with Crippen LogP contribution in [-0.2, 0) is 16.4 Å². The predicted molar refractivity (Wildman–Crippen MR) is 97.8 cm³/mol. The first kappa shape index (κ1) is 18.9. The van der Waals surface area contributed by atoms with Crippen LogP contribution in [0.1, 0.15) is 40.8 Å². The molecule has 1 amide bonds. The Labute approximate surface area is 163 Å². The van der Waals surface area contributed by atoms with Gasteiger partial charge in [-0.3, -0.25) is 4.79 Å². The van der Waals surface area contributed by atoms with Gasteiger partial charge < -0.3 is 9.42 Å². The standard InChI is InChI=1S/C17H22N6O4S/c1-28(25,26)23-6-3-13(4-7-23)16-20-15(27-21-16)8-12-10-22(11-12)17(24)14-2-5-18-19-9-14/h2,5,9,12-13H,3-4,6-8,10-11H2,1H3. The summed E-state index contributed by atoms with van der Waals surface area (Å²) in [4.78, 5) is 18.6. The Morgan fingerprint density at radius 1 is 1.25 bits per heavy atom. The quantitative estimate of drug-likeness (QED) is 0.695. The first-order valence-corrected chi connectivity index (χ1v) is 11.1. The van der Waals surface area contributed by atoms with Gasteiger partial charge >= 0.3 is 0 Å². The summed E-state index contributed by atoms with van der Waals surface area (Å²) in [5.74, 6) is 1.59. The molecule has 2 fully saturated rings. The van der Waals surface area contributed by atoms with E-state index in [9.17, 15) is 13.2 Å². The second-order valence-electron chi connectivity index (χ2n) is 7.39. The van der Waals surface area contributed by atoms with Crippen molar-refractivity contribution in [3.63, 3.8) is 0 Å². The minimum atomic E-state index is -3.14. The molecule has 11 heteroatoms. The normalized spacial score (nSPS) is 19.5. The van der Waals surface area contributed by atoms with Crippen LogP contribution in [0.2, 0.25) is 0 Å². The summed E-state index contributed by atoms with van der Waals surface area (Å²) in [5, 5.41) is 11.5. The van der Waals surface area contributed by atoms with Crippen molar-refractivity contribution in [3.05, 3.63) is 35.7 Å². The summed E-state index contributed by atoms with van der Waals surface area (Å²) in [5.41, 5.74) is 0.536. The summed E-state index contributed by atoms with van der Waals surface area (Å²) in [6.07, 6.45) is 6.22. The number of likely N-dealkylation sites (tertiary alicyclic amines) is 1. The lowest BCUT2D eigenvalue weighted by Gasteiger charge is -2.38. The van der Waals surface area contributed by atoms with E-state index in [1.54, 1.807) is 11.0 Å². The fourth-order valence-corrected chi connectivity index (χ4v) is 4.55. The molecule has 2 aromatic rings. The van der Waals surface area contributed by atoms with Crippen LogP contribution in [0.4, 0.5) is 0 Å². The third-order valence-electron chi connectivity index (χ3n) is 5.31. The zero-order chi connectivity index (χ0) is 19.7. The molecule has 4 rings (SSSR count). The van der Waals surface area contributed by atoms with E-state index in [0.29, 0.717) is 68.6 Å². The van der Waals surface area contributed by atoms with Gasteiger partial charge in [0, 0.05) is 44.4 Å². The van der Waals surface area contributed by atoms with E-state index in [-0.39, 0.29) is 11.8 Å². The minimum absolute atomic E-state index is 0.0463. The zero-order valence-corrected chi connectivity index (χ0v) is 16.4. The van der Waals surface area contributed by atoms with Crippen molar-refractivity contribution in [3.8, 4) is 0 Å². The van der Waals surface area contributed by atoms with Gasteiger partial charge in [0.05, 0.1) is 24.2 Å². The minimum Gasteiger partial charge on any atom is -0.339 e. The predicted octanol–water partition coefficient (Wildman–Crippen LogP) is 0.313. The number of nitrogens with zero attached hydrogens (tertiary/aromatic N) is 6. The van der Waals surface area contributed by atoms with Crippen LogP contribution in [0, 0.1) is 5.92 Å². The summed E-state index contributed by atoms with van der Waals surface area (Å²) in [6, 6.07) is 1.65. The lowest BCUT2D eigenvalue weighted by Crippen LogP contribution is -2.50. The van der Waals surface area contributed by atoms with Gasteiger partial charge in [-0.2, -0.15) is 15.2 Å². The van der Waals surface area contributed by atoms with Gasteiger partial charge in [-0.1, -0.05) is 5.16 Å². The highest BCUT2D eigenvalue weighted by Gasteiger charge is 2.33. The van der Waals surface area contributed by atoms with Gasteiger partial charge in [0.2, 0.25) is 15.9 Å². The molecular weight excluding hydrogens is 384 g/mol. The molecule has 0 bridgehead atoms. The molecule has 2 aliphatic heterocycles. The number of sulfonamides is 1. The molecule has 28 heavy (non-hydrogen) atoms. The Kier molecular flexibility index (Phi) is 5.11. The van der Waals surface area contributed by atoms with Gasteiger partial charge in [-0.25, -0.2) is 12.7 Å². The molecule has 2 aliphatic rings. The summed E-state index contributed by atoms with van der Waals surface area (Å²) < 4.78 is 30.1. The van der Waals surface area contributed by atoms with E-state index in [0.717, 1.165) is 0 Å². The van der Waals surface area contributed by atoms with Crippen molar-refractivity contribution >= 4 is 15.9 Å². The number of piperidine rings is 1. The molecule has 0 radical (unpaired) electrons. The van der Waals surface area contributed by atoms with E-state index in [2.05, 4.69) is 20.3 Å². The fraction of sp³-hybridized carbons (Fsp3) is 0.588. The van der Waals surface area contributed by atoms with Crippen LogP contribution in [-0.4, -0.2) is 76.3 Å². The second-order valence-corrected chi connectivity index (χ2v) is 9.38. The van der Waals surface area contributed by atoms with Crippen molar-refractivity contribution < 1.29 is 17.7 Å². The number of amides is 1. The number of hydrogen-bond acceptors (Lipinski definition) is 8. The molecule has 0 N–H and O–H groups in total. The molecule has 150 valence electrons. The largest absolute Gasteiger partial charge is 0.339 e. The summed E-state index contributed by atoms with van der Waals surface area (Å²) >= 11 is 0. The molecule has 0 unspecified atom stereocenters. The van der Waals surface area contributed by atoms with Gasteiger partial charge in [-0.15, -0.1) is 0 Å². The molecule has 4 heterocycles. The summed E-state index contributed by atoms with van der Waals surface area (Å²) in [7, 11) is -3.14. The fourth-order valence-electron chi connectivity index (χ4n) is 3.67. The molecule has 0 aromatic carbocycles. The Hall–Kier alpha value is -2.40. The van der Waals surface area contributed by atoms with Crippen molar-refractivity contribution in [1.82, 2.24) is 29.5 Å². The monoisotopic (exact) mass is 406 g/mol. The van der Waals surface area contributed by atoms with Crippen LogP contribution in [0.5, 0.6) is 0 Å². The van der Waals surface area contributed by atoms with Crippen LogP contribution >= 0.6 is 0 Å². The van der Waals surface area contributed by atoms with Crippen molar-refractivity contribution in [2.24, 2.45) is 5.92 Å². The van der Waals surface area contributed by atoms with E-state index in [4.69, 9.17) is 4.52 Å². The van der Waals surface area contributed by atoms with Gasteiger partial charge in [-0.05, 0) is 18.9 Å². The number of rotatable bonds is 5. The van der Waals surface area contributed by atoms with Crippen molar-refractivity contribution in [2.45, 2.75) is 25.2 Å². The highest BCUT2D eigenvalue weighted by atomic mass is 32.2. The maximum absolute atomic E-state index is 12.3. The maximum Gasteiger partial charge on any atom is 0.255 e. The average Bonchev–Trinajstić information content (AvgIpc) is 3.13. The van der Waals surface area contributed by atoms with Crippen LogP contribution in [0.25, 0.3) is 0 Å². The number of carbonyl (C=O) groups is 1. The number of carbonyl (C=O) groups excluding carboxylic acids is 1. The third-order valence-corrected chi connectivity index (χ3v) is 6.61. The SMILES string of the molecule is CS(=O)(=O)N1CCC(c2noc(CC3CN(C(=O)c4ccnnc4)C3)n2)CC1. The lowest BCUT2D eigenvalue weighted by molar-refractivity contribution is 0.0486. The molecule has 2 aromatic heterocycles.